The number of likely N-dealkylation sites (N-methyl/N-ethyl adjacent to an activating group) is 2. The Kier molecular flexibility index (Phi) is 10.5. The predicted octanol–water partition coefficient (Wildman–Crippen LogP) is 4.98. The van der Waals surface area contributed by atoms with Crippen molar-refractivity contribution >= 4 is 57.5 Å². The van der Waals surface area contributed by atoms with Gasteiger partial charge in [-0.25, -0.2) is 14.4 Å². The molecule has 0 radical (unpaired) electrons. The zero-order valence-corrected chi connectivity index (χ0v) is 31.6. The number of hydrogen-bond acceptors (Lipinski definition) is 10. The summed E-state index contributed by atoms with van der Waals surface area (Å²) in [6, 6.07) is 15.6. The van der Waals surface area contributed by atoms with Crippen molar-refractivity contribution in [3.8, 4) is 17.0 Å². The number of hydrogen-bond donors (Lipinski definition) is 3. The van der Waals surface area contributed by atoms with E-state index in [9.17, 15) is 19.2 Å². The lowest BCUT2D eigenvalue weighted by Crippen LogP contribution is -2.52. The highest BCUT2D eigenvalue weighted by molar-refractivity contribution is 6.05. The van der Waals surface area contributed by atoms with Gasteiger partial charge in [-0.3, -0.25) is 24.5 Å². The van der Waals surface area contributed by atoms with Crippen molar-refractivity contribution in [1.29, 1.82) is 0 Å². The molecule has 4 heterocycles. The molecular weight excluding hydrogens is 718 g/mol. The average molecular weight is 760 g/mol. The van der Waals surface area contributed by atoms with E-state index in [1.165, 1.54) is 17.0 Å². The Morgan fingerprint density at radius 2 is 1.89 bits per heavy atom. The summed E-state index contributed by atoms with van der Waals surface area (Å²) in [5.74, 6) is -1.40. The van der Waals surface area contributed by atoms with Gasteiger partial charge in [0.2, 0.25) is 23.7 Å². The Hall–Kier alpha value is -6.61. The molecule has 3 aromatic carbocycles. The number of fused-ring (bicyclic) bond motifs is 2. The first-order valence-electron chi connectivity index (χ1n) is 18.1. The number of amides is 4. The fourth-order valence-electron chi connectivity index (χ4n) is 7.24. The van der Waals surface area contributed by atoms with E-state index < -0.39 is 29.6 Å². The Bertz CT molecular complexity index is 2390. The number of aryl methyl sites for hydroxylation is 1. The average Bonchev–Trinajstić information content (AvgIpc) is 3.69. The molecule has 4 amide bonds. The molecule has 15 heteroatoms. The van der Waals surface area contributed by atoms with E-state index in [1.54, 1.807) is 31.5 Å². The van der Waals surface area contributed by atoms with E-state index in [2.05, 4.69) is 44.2 Å². The molecule has 0 aliphatic carbocycles. The first kappa shape index (κ1) is 37.7. The van der Waals surface area contributed by atoms with Crippen molar-refractivity contribution in [2.24, 2.45) is 7.05 Å². The van der Waals surface area contributed by atoms with Gasteiger partial charge in [0.1, 0.15) is 17.6 Å². The summed E-state index contributed by atoms with van der Waals surface area (Å²) in [5, 5.41) is 9.52. The number of methoxy groups -OCH3 is 1. The van der Waals surface area contributed by atoms with E-state index in [-0.39, 0.29) is 37.4 Å². The molecule has 2 aromatic heterocycles. The molecule has 5 aromatic rings. The second kappa shape index (κ2) is 15.6. The first-order valence-corrected chi connectivity index (χ1v) is 18.1. The molecule has 2 aliphatic rings. The van der Waals surface area contributed by atoms with Gasteiger partial charge in [0, 0.05) is 92.7 Å². The molecule has 1 unspecified atom stereocenters. The maximum absolute atomic E-state index is 15.4. The van der Waals surface area contributed by atoms with Crippen molar-refractivity contribution in [2.75, 3.05) is 49.8 Å². The number of carbonyl (C=O) groups excluding carboxylic acids is 4. The number of ether oxygens (including phenoxy) is 1. The van der Waals surface area contributed by atoms with Gasteiger partial charge in [-0.05, 0) is 55.4 Å². The minimum absolute atomic E-state index is 0.141. The fraction of sp³-hybridized carbons (Fsp3) is 0.268. The topological polar surface area (TPSA) is 154 Å². The van der Waals surface area contributed by atoms with Crippen LogP contribution in [-0.4, -0.2) is 88.3 Å². The molecule has 2 aliphatic heterocycles. The zero-order valence-electron chi connectivity index (χ0n) is 31.6. The molecule has 0 spiro atoms. The molecule has 1 saturated heterocycles. The van der Waals surface area contributed by atoms with Gasteiger partial charge in [0.05, 0.1) is 29.9 Å². The second-order valence-corrected chi connectivity index (χ2v) is 14.0. The number of anilines is 4. The van der Waals surface area contributed by atoms with Gasteiger partial charge in [-0.1, -0.05) is 24.8 Å². The number of piperidine rings is 1. The molecule has 1 fully saturated rings. The van der Waals surface area contributed by atoms with Gasteiger partial charge in [-0.15, -0.1) is 0 Å². The molecule has 0 saturated carbocycles. The highest BCUT2D eigenvalue weighted by Gasteiger charge is 2.39. The van der Waals surface area contributed by atoms with Gasteiger partial charge < -0.3 is 34.6 Å². The number of aromatic nitrogens is 3. The molecule has 3 N–H and O–H groups in total. The number of halogens is 1. The van der Waals surface area contributed by atoms with Crippen molar-refractivity contribution in [1.82, 2.24) is 29.7 Å². The molecule has 56 heavy (non-hydrogen) atoms. The second-order valence-electron chi connectivity index (χ2n) is 14.0. The van der Waals surface area contributed by atoms with Gasteiger partial charge in [0.15, 0.2) is 0 Å². The maximum atomic E-state index is 15.4. The highest BCUT2D eigenvalue weighted by atomic mass is 19.1. The van der Waals surface area contributed by atoms with E-state index in [0.29, 0.717) is 53.0 Å². The quantitative estimate of drug-likeness (QED) is 0.111. The minimum Gasteiger partial charge on any atom is -0.494 e. The number of para-hydroxylation sites is 1. The van der Waals surface area contributed by atoms with Crippen LogP contribution >= 0.6 is 0 Å². The smallest absolute Gasteiger partial charge is 0.255 e. The Morgan fingerprint density at radius 1 is 1.09 bits per heavy atom. The number of rotatable bonds is 13. The largest absolute Gasteiger partial charge is 0.494 e. The van der Waals surface area contributed by atoms with Crippen LogP contribution in [0.4, 0.5) is 27.4 Å². The van der Waals surface area contributed by atoms with Crippen LogP contribution in [0.5, 0.6) is 5.75 Å². The van der Waals surface area contributed by atoms with Gasteiger partial charge in [0.25, 0.3) is 5.91 Å². The zero-order chi connectivity index (χ0) is 39.7. The molecule has 288 valence electrons. The van der Waals surface area contributed by atoms with E-state index in [0.717, 1.165) is 22.2 Å². The van der Waals surface area contributed by atoms with Crippen LogP contribution in [0.25, 0.3) is 22.2 Å². The SMILES string of the molecule is C=CC(=O)Nc1cc(Nc2nccc(-c3cn(C)c4ccccc34)n2)c(OC)cc1N(C)CCN(C)Cc1cc2c(cc1F)C(=O)N(C1CCC(=O)NC1=O)C2. The first-order chi connectivity index (χ1) is 26.9. The van der Waals surface area contributed by atoms with E-state index in [4.69, 9.17) is 9.72 Å². The standard InChI is InChI=1S/C41H42FN9O5/c1-6-37(52)44-31-19-32(46-41-43-14-13-30(45-41)28-23-50(4)33-10-8-7-9-26(28)33)36(56-5)20-35(31)49(3)16-15-48(2)21-25-17-24-22-51(40(55)27(24)18-29(25)42)34-11-12-38(53)47-39(34)54/h6-10,13-14,17-20,23,34H,1,11-12,15-16,21-22H2,2-5H3,(H,44,52)(H,43,45,46)(H,47,53,54). The summed E-state index contributed by atoms with van der Waals surface area (Å²) < 4.78 is 23.2. The summed E-state index contributed by atoms with van der Waals surface area (Å²) >= 11 is 0. The number of nitrogens with zero attached hydrogens (tertiary/aromatic N) is 6. The molecule has 0 bridgehead atoms. The molecular formula is C41H42FN9O5. The van der Waals surface area contributed by atoms with Crippen LogP contribution in [0.15, 0.2) is 79.6 Å². The van der Waals surface area contributed by atoms with Crippen LogP contribution in [0.2, 0.25) is 0 Å². The monoisotopic (exact) mass is 759 g/mol. The summed E-state index contributed by atoms with van der Waals surface area (Å²) in [4.78, 5) is 64.4. The Morgan fingerprint density at radius 3 is 2.66 bits per heavy atom. The normalized spacial score (nSPS) is 15.2. The van der Waals surface area contributed by atoms with E-state index >= 15 is 4.39 Å². The minimum atomic E-state index is -0.776. The third-order valence-electron chi connectivity index (χ3n) is 10.2. The number of imide groups is 1. The lowest BCUT2D eigenvalue weighted by Gasteiger charge is -2.29. The number of carbonyl (C=O) groups is 4. The van der Waals surface area contributed by atoms with Crippen LogP contribution in [0.3, 0.4) is 0 Å². The maximum Gasteiger partial charge on any atom is 0.255 e. The third kappa shape index (κ3) is 7.53. The third-order valence-corrected chi connectivity index (χ3v) is 10.2. The molecule has 1 atom stereocenters. The van der Waals surface area contributed by atoms with Crippen LogP contribution in [-0.2, 0) is 34.5 Å². The summed E-state index contributed by atoms with van der Waals surface area (Å²) in [5.41, 5.74) is 5.74. The predicted molar refractivity (Wildman–Crippen MR) is 211 cm³/mol. The lowest BCUT2D eigenvalue weighted by atomic mass is 10.0. The van der Waals surface area contributed by atoms with Crippen molar-refractivity contribution in [3.05, 3.63) is 102 Å². The molecule has 7 rings (SSSR count). The fourth-order valence-corrected chi connectivity index (χ4v) is 7.24. The summed E-state index contributed by atoms with van der Waals surface area (Å²) in [6.07, 6.45) is 5.28. The van der Waals surface area contributed by atoms with Crippen molar-refractivity contribution in [3.63, 3.8) is 0 Å². The molecule has 14 nitrogen and oxygen atoms in total. The van der Waals surface area contributed by atoms with E-state index in [1.807, 2.05) is 55.3 Å². The van der Waals surface area contributed by atoms with Crippen molar-refractivity contribution < 1.29 is 28.3 Å². The number of nitrogens with one attached hydrogen (secondary N) is 3. The van der Waals surface area contributed by atoms with Crippen LogP contribution < -0.4 is 25.6 Å². The Balaban J connectivity index is 1.06. The summed E-state index contributed by atoms with van der Waals surface area (Å²) in [6.45, 7) is 5.00. The summed E-state index contributed by atoms with van der Waals surface area (Å²) in [7, 11) is 7.28. The van der Waals surface area contributed by atoms with Gasteiger partial charge in [-0.2, -0.15) is 0 Å². The van der Waals surface area contributed by atoms with Crippen LogP contribution in [0.1, 0.15) is 34.3 Å². The van der Waals surface area contributed by atoms with Crippen molar-refractivity contribution in [2.45, 2.75) is 32.0 Å². The highest BCUT2D eigenvalue weighted by Crippen LogP contribution is 2.38. The number of benzene rings is 3. The lowest BCUT2D eigenvalue weighted by molar-refractivity contribution is -0.137. The van der Waals surface area contributed by atoms with Gasteiger partial charge >= 0.3 is 0 Å². The Labute approximate surface area is 322 Å². The van der Waals surface area contributed by atoms with Crippen LogP contribution in [0, 0.1) is 5.82 Å².